The van der Waals surface area contributed by atoms with E-state index < -0.39 is 41.3 Å². The van der Waals surface area contributed by atoms with Crippen molar-refractivity contribution in [2.45, 2.75) is 82.6 Å². The van der Waals surface area contributed by atoms with Gasteiger partial charge in [-0.05, 0) is 58.2 Å². The van der Waals surface area contributed by atoms with Crippen LogP contribution in [0.3, 0.4) is 0 Å². The normalized spacial score (nSPS) is 21.8. The lowest BCUT2D eigenvalue weighted by Crippen LogP contribution is -2.52. The molecule has 0 unspecified atom stereocenters. The number of likely N-dealkylation sites (tertiary alicyclic amines) is 1. The van der Waals surface area contributed by atoms with Crippen LogP contribution in [0, 0.1) is 0 Å². The molecule has 1 fully saturated rings. The number of nitrogens with one attached hydrogen (secondary N) is 2. The van der Waals surface area contributed by atoms with Gasteiger partial charge in [-0.1, -0.05) is 42.7 Å². The van der Waals surface area contributed by atoms with Crippen LogP contribution in [0.1, 0.15) is 64.9 Å². The quantitative estimate of drug-likeness (QED) is 0.295. The van der Waals surface area contributed by atoms with E-state index in [1.807, 2.05) is 12.1 Å². The van der Waals surface area contributed by atoms with Gasteiger partial charge in [0.2, 0.25) is 5.91 Å². The van der Waals surface area contributed by atoms with Crippen molar-refractivity contribution in [3.05, 3.63) is 53.6 Å². The molecule has 1 saturated heterocycles. The molecule has 2 heterocycles. The summed E-state index contributed by atoms with van der Waals surface area (Å²) in [6, 6.07) is 5.13. The van der Waals surface area contributed by atoms with Crippen LogP contribution in [-0.2, 0) is 19.2 Å². The number of carbonyl (C=O) groups is 3. The fourth-order valence-corrected chi connectivity index (χ4v) is 4.72. The van der Waals surface area contributed by atoms with Gasteiger partial charge in [0.1, 0.15) is 23.3 Å². The van der Waals surface area contributed by atoms with E-state index in [0.29, 0.717) is 23.6 Å². The first kappa shape index (κ1) is 28.5. The summed E-state index contributed by atoms with van der Waals surface area (Å²) in [5, 5.41) is 13.2. The Balaban J connectivity index is 1.80. The number of hydrogen-bond acceptors (Lipinski definition) is 6. The van der Waals surface area contributed by atoms with Crippen molar-refractivity contribution in [3.8, 4) is 0 Å². The largest absolute Gasteiger partial charge is 0.480 e. The minimum absolute atomic E-state index is 0.0167. The zero-order valence-electron chi connectivity index (χ0n) is 21.6. The Morgan fingerprint density at radius 2 is 2.11 bits per heavy atom. The molecule has 202 valence electrons. The molecule has 0 radical (unpaired) electrons. The van der Waals surface area contributed by atoms with E-state index in [1.165, 1.54) is 4.90 Å². The van der Waals surface area contributed by atoms with Gasteiger partial charge in [-0.3, -0.25) is 15.1 Å². The molecule has 1 spiro atoms. The van der Waals surface area contributed by atoms with Crippen LogP contribution in [-0.4, -0.2) is 57.8 Å². The second-order valence-corrected chi connectivity index (χ2v) is 10.9. The van der Waals surface area contributed by atoms with Crippen LogP contribution in [0.4, 0.5) is 4.79 Å². The number of hydrogen-bond donors (Lipinski definition) is 3. The lowest BCUT2D eigenvalue weighted by atomic mass is 9.98. The Hall–Kier alpha value is -3.04. The monoisotopic (exact) mass is 533 g/mol. The Morgan fingerprint density at radius 3 is 2.76 bits per heavy atom. The second-order valence-electron chi connectivity index (χ2n) is 10.5. The fourth-order valence-electron chi connectivity index (χ4n) is 4.53. The van der Waals surface area contributed by atoms with Crippen LogP contribution < -0.4 is 10.8 Å². The number of ether oxygens (including phenoxy) is 1. The van der Waals surface area contributed by atoms with Gasteiger partial charge in [-0.15, -0.1) is 6.58 Å². The van der Waals surface area contributed by atoms with Crippen LogP contribution >= 0.6 is 11.6 Å². The number of hydroxylamine groups is 1. The third-order valence-electron chi connectivity index (χ3n) is 6.22. The van der Waals surface area contributed by atoms with E-state index in [2.05, 4.69) is 17.4 Å². The van der Waals surface area contributed by atoms with E-state index in [9.17, 15) is 19.5 Å². The molecule has 3 rings (SSSR count). The van der Waals surface area contributed by atoms with Crippen molar-refractivity contribution in [2.24, 2.45) is 0 Å². The first-order valence-electron chi connectivity index (χ1n) is 12.5. The van der Waals surface area contributed by atoms with E-state index >= 15 is 0 Å². The molecule has 3 N–H and O–H groups in total. The van der Waals surface area contributed by atoms with Gasteiger partial charge in [0, 0.05) is 17.0 Å². The van der Waals surface area contributed by atoms with E-state index in [-0.39, 0.29) is 13.0 Å². The number of allylic oxidation sites excluding steroid dienone is 1. The van der Waals surface area contributed by atoms with Gasteiger partial charge in [0.15, 0.2) is 0 Å². The molecule has 2 amide bonds. The SMILES string of the molecule is C=CCCCCC[C@H](NC(=O)OC(C)(C)C)C(=O)N1C[C@@]2(C=C(c3cccc(Cl)c3)NO2)C[C@H]1C(=O)O. The molecule has 37 heavy (non-hydrogen) atoms. The third kappa shape index (κ3) is 7.72. The minimum atomic E-state index is -1.14. The van der Waals surface area contributed by atoms with Crippen LogP contribution in [0.15, 0.2) is 43.0 Å². The number of aliphatic carboxylic acids is 1. The number of amides is 2. The maximum absolute atomic E-state index is 13.7. The smallest absolute Gasteiger partial charge is 0.408 e. The Labute approximate surface area is 222 Å². The molecule has 2 aliphatic rings. The highest BCUT2D eigenvalue weighted by atomic mass is 35.5. The Bertz CT molecular complexity index is 1050. The minimum Gasteiger partial charge on any atom is -0.480 e. The molecule has 10 heteroatoms. The highest BCUT2D eigenvalue weighted by molar-refractivity contribution is 6.30. The highest BCUT2D eigenvalue weighted by Gasteiger charge is 2.52. The van der Waals surface area contributed by atoms with Gasteiger partial charge in [-0.2, -0.15) is 0 Å². The van der Waals surface area contributed by atoms with Gasteiger partial charge >= 0.3 is 12.1 Å². The standard InChI is InChI=1S/C27H36ClN3O6/c1-5-6-7-8-9-13-20(29-25(35)36-26(2,3)4)23(32)31-17-27(16-22(31)24(33)34)15-21(30-37-27)18-11-10-12-19(28)14-18/h5,10-12,14-15,20,22,30H,1,6-9,13,16-17H2,2-4H3,(H,29,35)(H,33,34)/t20-,22-,27+/m0/s1. The summed E-state index contributed by atoms with van der Waals surface area (Å²) in [4.78, 5) is 45.5. The number of carboxylic acid groups (broad SMARTS) is 1. The zero-order chi connectivity index (χ0) is 27.2. The molecule has 3 atom stereocenters. The second kappa shape index (κ2) is 12.0. The molecule has 9 nitrogen and oxygen atoms in total. The van der Waals surface area contributed by atoms with Crippen molar-refractivity contribution in [1.82, 2.24) is 15.7 Å². The van der Waals surface area contributed by atoms with Crippen molar-refractivity contribution in [2.75, 3.05) is 6.54 Å². The van der Waals surface area contributed by atoms with Crippen LogP contribution in [0.5, 0.6) is 0 Å². The summed E-state index contributed by atoms with van der Waals surface area (Å²) < 4.78 is 5.36. The molecular weight excluding hydrogens is 498 g/mol. The molecule has 0 bridgehead atoms. The molecule has 1 aromatic rings. The van der Waals surface area contributed by atoms with Crippen LogP contribution in [0.2, 0.25) is 5.02 Å². The molecule has 0 saturated carbocycles. The van der Waals surface area contributed by atoms with Crippen molar-refractivity contribution in [3.63, 3.8) is 0 Å². The summed E-state index contributed by atoms with van der Waals surface area (Å²) in [5.74, 6) is -1.62. The summed E-state index contributed by atoms with van der Waals surface area (Å²) in [7, 11) is 0. The van der Waals surface area contributed by atoms with Crippen molar-refractivity contribution >= 4 is 35.3 Å². The van der Waals surface area contributed by atoms with Gasteiger partial charge < -0.3 is 20.1 Å². The molecule has 0 aromatic heterocycles. The fraction of sp³-hybridized carbons (Fsp3) is 0.519. The predicted octanol–water partition coefficient (Wildman–Crippen LogP) is 4.67. The maximum atomic E-state index is 13.7. The average Bonchev–Trinajstić information content (AvgIpc) is 3.40. The first-order chi connectivity index (χ1) is 17.4. The lowest BCUT2D eigenvalue weighted by Gasteiger charge is -2.28. The van der Waals surface area contributed by atoms with Gasteiger partial charge in [0.05, 0.1) is 12.2 Å². The lowest BCUT2D eigenvalue weighted by molar-refractivity contribution is -0.149. The number of carboxylic acids is 1. The van der Waals surface area contributed by atoms with Crippen molar-refractivity contribution in [1.29, 1.82) is 0 Å². The topological polar surface area (TPSA) is 117 Å². The molecule has 0 aliphatic carbocycles. The average molecular weight is 534 g/mol. The summed E-state index contributed by atoms with van der Waals surface area (Å²) in [6.45, 7) is 8.94. The Kier molecular flexibility index (Phi) is 9.26. The third-order valence-corrected chi connectivity index (χ3v) is 6.45. The van der Waals surface area contributed by atoms with Crippen LogP contribution in [0.25, 0.3) is 5.70 Å². The first-order valence-corrected chi connectivity index (χ1v) is 12.9. The molecule has 2 aliphatic heterocycles. The van der Waals surface area contributed by atoms with E-state index in [1.54, 1.807) is 45.0 Å². The summed E-state index contributed by atoms with van der Waals surface area (Å²) in [5.41, 5.74) is 2.52. The summed E-state index contributed by atoms with van der Waals surface area (Å²) in [6.07, 6.45) is 6.62. The Morgan fingerprint density at radius 1 is 1.35 bits per heavy atom. The number of carbonyl (C=O) groups excluding carboxylic acids is 2. The summed E-state index contributed by atoms with van der Waals surface area (Å²) >= 11 is 6.11. The van der Waals surface area contributed by atoms with E-state index in [4.69, 9.17) is 21.2 Å². The van der Waals surface area contributed by atoms with Gasteiger partial charge in [0.25, 0.3) is 0 Å². The number of unbranched alkanes of at least 4 members (excludes halogenated alkanes) is 3. The number of alkyl carbamates (subject to hydrolysis) is 1. The number of benzene rings is 1. The maximum Gasteiger partial charge on any atom is 0.408 e. The number of rotatable bonds is 10. The van der Waals surface area contributed by atoms with E-state index in [0.717, 1.165) is 24.8 Å². The molecular formula is C27H36ClN3O6. The molecule has 1 aromatic carbocycles. The predicted molar refractivity (Wildman–Crippen MR) is 141 cm³/mol. The highest BCUT2D eigenvalue weighted by Crippen LogP contribution is 2.38. The zero-order valence-corrected chi connectivity index (χ0v) is 22.3. The van der Waals surface area contributed by atoms with Gasteiger partial charge in [-0.25, -0.2) is 9.59 Å². The number of halogens is 1. The van der Waals surface area contributed by atoms with Crippen molar-refractivity contribution < 1.29 is 29.1 Å². The number of nitrogens with zero attached hydrogens (tertiary/aromatic N) is 1.